The molecule has 126 valence electrons. The third kappa shape index (κ3) is 4.44. The minimum Gasteiger partial charge on any atom is -0.325 e. The highest BCUT2D eigenvalue weighted by atomic mass is 35.5. The van der Waals surface area contributed by atoms with E-state index in [2.05, 4.69) is 20.4 Å². The predicted molar refractivity (Wildman–Crippen MR) is 94.1 cm³/mol. The van der Waals surface area contributed by atoms with Crippen molar-refractivity contribution in [3.05, 3.63) is 28.8 Å². The number of amides is 1. The molecule has 1 atom stereocenters. The fourth-order valence-electron chi connectivity index (χ4n) is 3.46. The first-order valence-electron chi connectivity index (χ1n) is 8.35. The lowest BCUT2D eigenvalue weighted by atomic mass is 10.2. The van der Waals surface area contributed by atoms with Crippen molar-refractivity contribution in [1.29, 1.82) is 0 Å². The molecule has 1 unspecified atom stereocenters. The van der Waals surface area contributed by atoms with Crippen molar-refractivity contribution in [2.75, 3.05) is 51.1 Å². The van der Waals surface area contributed by atoms with E-state index in [0.717, 1.165) is 56.9 Å². The third-order valence-electron chi connectivity index (χ3n) is 4.75. The Balaban J connectivity index is 1.48. The van der Waals surface area contributed by atoms with Crippen LogP contribution >= 0.6 is 11.6 Å². The van der Waals surface area contributed by atoms with E-state index in [4.69, 9.17) is 11.6 Å². The third-order valence-corrected chi connectivity index (χ3v) is 4.98. The number of likely N-dealkylation sites (tertiary alicyclic amines) is 1. The Hall–Kier alpha value is -1.14. The van der Waals surface area contributed by atoms with Gasteiger partial charge in [-0.05, 0) is 37.1 Å². The van der Waals surface area contributed by atoms with Crippen LogP contribution in [-0.2, 0) is 4.79 Å². The summed E-state index contributed by atoms with van der Waals surface area (Å²) < 4.78 is 0. The molecule has 2 fully saturated rings. The molecule has 0 radical (unpaired) electrons. The summed E-state index contributed by atoms with van der Waals surface area (Å²) in [5, 5.41) is 7.08. The molecule has 5 nitrogen and oxygen atoms in total. The number of aryl methyl sites for hydroxylation is 1. The topological polar surface area (TPSA) is 47.6 Å². The highest BCUT2D eigenvalue weighted by molar-refractivity contribution is 6.30. The standard InChI is InChI=1S/C17H25ClN4O/c1-13-10-14(18)2-3-16(13)20-17(23)12-21-7-4-15(11-21)22-8-5-19-6-9-22/h2-3,10,15,19H,4-9,11-12H2,1H3,(H,20,23). The Bertz CT molecular complexity index is 560. The van der Waals surface area contributed by atoms with Gasteiger partial charge in [0.1, 0.15) is 0 Å². The van der Waals surface area contributed by atoms with Crippen LogP contribution in [0, 0.1) is 6.92 Å². The molecule has 2 heterocycles. The highest BCUT2D eigenvalue weighted by Gasteiger charge is 2.29. The van der Waals surface area contributed by atoms with Crippen LogP contribution in [0.1, 0.15) is 12.0 Å². The fraction of sp³-hybridized carbons (Fsp3) is 0.588. The maximum absolute atomic E-state index is 12.3. The lowest BCUT2D eigenvalue weighted by Gasteiger charge is -2.32. The van der Waals surface area contributed by atoms with Gasteiger partial charge in [-0.3, -0.25) is 14.6 Å². The zero-order valence-electron chi connectivity index (χ0n) is 13.6. The van der Waals surface area contributed by atoms with Gasteiger partial charge in [0.15, 0.2) is 0 Å². The molecule has 0 aromatic heterocycles. The number of halogens is 1. The van der Waals surface area contributed by atoms with Crippen LogP contribution in [0.4, 0.5) is 5.69 Å². The number of carbonyl (C=O) groups is 1. The lowest BCUT2D eigenvalue weighted by molar-refractivity contribution is -0.117. The number of hydrogen-bond donors (Lipinski definition) is 2. The number of rotatable bonds is 4. The van der Waals surface area contributed by atoms with Gasteiger partial charge in [-0.1, -0.05) is 11.6 Å². The molecule has 0 spiro atoms. The van der Waals surface area contributed by atoms with Gasteiger partial charge >= 0.3 is 0 Å². The number of piperazine rings is 1. The van der Waals surface area contributed by atoms with Crippen LogP contribution in [0.5, 0.6) is 0 Å². The van der Waals surface area contributed by atoms with Crippen LogP contribution in [-0.4, -0.2) is 67.6 Å². The van der Waals surface area contributed by atoms with E-state index in [9.17, 15) is 4.79 Å². The molecule has 3 rings (SSSR count). The van der Waals surface area contributed by atoms with Crippen LogP contribution < -0.4 is 10.6 Å². The van der Waals surface area contributed by atoms with Crippen molar-refractivity contribution < 1.29 is 4.79 Å². The Kier molecular flexibility index (Phi) is 5.54. The summed E-state index contributed by atoms with van der Waals surface area (Å²) in [6.07, 6.45) is 1.16. The predicted octanol–water partition coefficient (Wildman–Crippen LogP) is 1.57. The van der Waals surface area contributed by atoms with Gasteiger partial charge in [-0.25, -0.2) is 0 Å². The molecule has 1 aromatic rings. The second-order valence-electron chi connectivity index (χ2n) is 6.47. The number of nitrogens with zero attached hydrogens (tertiary/aromatic N) is 2. The number of benzene rings is 1. The molecule has 2 aliphatic rings. The summed E-state index contributed by atoms with van der Waals surface area (Å²) in [4.78, 5) is 17.1. The van der Waals surface area contributed by atoms with E-state index in [-0.39, 0.29) is 5.91 Å². The first-order valence-corrected chi connectivity index (χ1v) is 8.73. The van der Waals surface area contributed by atoms with E-state index < -0.39 is 0 Å². The van der Waals surface area contributed by atoms with Crippen LogP contribution in [0.3, 0.4) is 0 Å². The molecular formula is C17H25ClN4O. The van der Waals surface area contributed by atoms with Crippen LogP contribution in [0.15, 0.2) is 18.2 Å². The average Bonchev–Trinajstić information content (AvgIpc) is 2.99. The quantitative estimate of drug-likeness (QED) is 0.876. The van der Waals surface area contributed by atoms with Gasteiger partial charge in [0.05, 0.1) is 6.54 Å². The molecule has 23 heavy (non-hydrogen) atoms. The zero-order chi connectivity index (χ0) is 16.2. The maximum atomic E-state index is 12.3. The van der Waals surface area contributed by atoms with Crippen molar-refractivity contribution in [3.8, 4) is 0 Å². The number of hydrogen-bond acceptors (Lipinski definition) is 4. The number of carbonyl (C=O) groups excluding carboxylic acids is 1. The molecule has 2 saturated heterocycles. The van der Waals surface area contributed by atoms with Gasteiger partial charge < -0.3 is 10.6 Å². The van der Waals surface area contributed by atoms with Crippen molar-refractivity contribution in [1.82, 2.24) is 15.1 Å². The highest BCUT2D eigenvalue weighted by Crippen LogP contribution is 2.20. The summed E-state index contributed by atoms with van der Waals surface area (Å²) in [6.45, 7) is 8.81. The maximum Gasteiger partial charge on any atom is 0.238 e. The summed E-state index contributed by atoms with van der Waals surface area (Å²) in [5.41, 5.74) is 1.84. The smallest absolute Gasteiger partial charge is 0.238 e. The zero-order valence-corrected chi connectivity index (χ0v) is 14.4. The Morgan fingerprint density at radius 2 is 2.13 bits per heavy atom. The number of anilines is 1. The van der Waals surface area contributed by atoms with Gasteiger partial charge in [0.2, 0.25) is 5.91 Å². The second kappa shape index (κ2) is 7.62. The number of nitrogens with one attached hydrogen (secondary N) is 2. The molecule has 0 saturated carbocycles. The second-order valence-corrected chi connectivity index (χ2v) is 6.91. The monoisotopic (exact) mass is 336 g/mol. The minimum absolute atomic E-state index is 0.0522. The minimum atomic E-state index is 0.0522. The molecule has 2 aliphatic heterocycles. The van der Waals surface area contributed by atoms with Crippen molar-refractivity contribution in [2.45, 2.75) is 19.4 Å². The van der Waals surface area contributed by atoms with Gasteiger partial charge in [-0.2, -0.15) is 0 Å². The van der Waals surface area contributed by atoms with E-state index >= 15 is 0 Å². The Morgan fingerprint density at radius 1 is 1.35 bits per heavy atom. The fourth-order valence-corrected chi connectivity index (χ4v) is 3.69. The van der Waals surface area contributed by atoms with Crippen LogP contribution in [0.25, 0.3) is 0 Å². The van der Waals surface area contributed by atoms with Gasteiger partial charge in [-0.15, -0.1) is 0 Å². The van der Waals surface area contributed by atoms with E-state index in [1.54, 1.807) is 6.07 Å². The molecule has 1 aromatic carbocycles. The van der Waals surface area contributed by atoms with Crippen LogP contribution in [0.2, 0.25) is 5.02 Å². The first-order chi connectivity index (χ1) is 11.1. The SMILES string of the molecule is Cc1cc(Cl)ccc1NC(=O)CN1CCC(N2CCNCC2)C1. The lowest BCUT2D eigenvalue weighted by Crippen LogP contribution is -2.49. The van der Waals surface area contributed by atoms with E-state index in [0.29, 0.717) is 17.6 Å². The van der Waals surface area contributed by atoms with Gasteiger partial charge in [0.25, 0.3) is 0 Å². The summed E-state index contributed by atoms with van der Waals surface area (Å²) in [6, 6.07) is 6.14. The average molecular weight is 337 g/mol. The Morgan fingerprint density at radius 3 is 2.87 bits per heavy atom. The molecule has 2 N–H and O–H groups in total. The normalized spacial score (nSPS) is 23.1. The van der Waals surface area contributed by atoms with Gasteiger partial charge in [0, 0.05) is 56.0 Å². The van der Waals surface area contributed by atoms with Crippen molar-refractivity contribution in [3.63, 3.8) is 0 Å². The molecular weight excluding hydrogens is 312 g/mol. The largest absolute Gasteiger partial charge is 0.325 e. The summed E-state index contributed by atoms with van der Waals surface area (Å²) in [5.74, 6) is 0.0522. The summed E-state index contributed by atoms with van der Waals surface area (Å²) >= 11 is 5.95. The van der Waals surface area contributed by atoms with Crippen molar-refractivity contribution in [2.24, 2.45) is 0 Å². The molecule has 1 amide bonds. The molecule has 0 bridgehead atoms. The molecule has 6 heteroatoms. The first kappa shape index (κ1) is 16.7. The van der Waals surface area contributed by atoms with E-state index in [1.165, 1.54) is 0 Å². The van der Waals surface area contributed by atoms with E-state index in [1.807, 2.05) is 19.1 Å². The summed E-state index contributed by atoms with van der Waals surface area (Å²) in [7, 11) is 0. The van der Waals surface area contributed by atoms with Crippen molar-refractivity contribution >= 4 is 23.2 Å². The molecule has 0 aliphatic carbocycles. The Labute approximate surface area is 143 Å².